The SMILES string of the molecule is CCCN(CCC)Cc1ccc(CNS(=O)(=O)c2ccc3c(c2)CCCC(=O)N3)o1. The van der Waals surface area contributed by atoms with Gasteiger partial charge in [0.05, 0.1) is 18.0 Å². The van der Waals surface area contributed by atoms with Crippen LogP contribution < -0.4 is 10.0 Å². The van der Waals surface area contributed by atoms with Crippen molar-refractivity contribution in [2.45, 2.75) is 63.9 Å². The number of nitrogens with zero attached hydrogens (tertiary/aromatic N) is 1. The maximum atomic E-state index is 12.7. The number of anilines is 1. The number of benzene rings is 1. The fraction of sp³-hybridized carbons (Fsp3) is 0.500. The Hall–Kier alpha value is -2.16. The molecule has 0 saturated heterocycles. The molecule has 0 saturated carbocycles. The average Bonchev–Trinajstić information content (AvgIpc) is 3.06. The van der Waals surface area contributed by atoms with Crippen LogP contribution in [-0.2, 0) is 34.3 Å². The summed E-state index contributed by atoms with van der Waals surface area (Å²) in [5.74, 6) is 1.39. The highest BCUT2D eigenvalue weighted by Crippen LogP contribution is 2.25. The van der Waals surface area contributed by atoms with E-state index in [1.54, 1.807) is 12.1 Å². The van der Waals surface area contributed by atoms with E-state index < -0.39 is 10.0 Å². The molecule has 3 rings (SSSR count). The molecule has 0 fully saturated rings. The zero-order valence-electron chi connectivity index (χ0n) is 17.7. The van der Waals surface area contributed by atoms with E-state index in [0.29, 0.717) is 30.7 Å². The third-order valence-electron chi connectivity index (χ3n) is 5.12. The summed E-state index contributed by atoms with van der Waals surface area (Å²) in [4.78, 5) is 14.2. The number of aryl methyl sites for hydroxylation is 1. The number of carbonyl (C=O) groups excluding carboxylic acids is 1. The van der Waals surface area contributed by atoms with Crippen molar-refractivity contribution in [3.05, 3.63) is 47.4 Å². The lowest BCUT2D eigenvalue weighted by Crippen LogP contribution is -2.24. The minimum absolute atomic E-state index is 0.0347. The van der Waals surface area contributed by atoms with Gasteiger partial charge in [-0.3, -0.25) is 9.69 Å². The first-order valence-electron chi connectivity index (χ1n) is 10.6. The summed E-state index contributed by atoms with van der Waals surface area (Å²) in [5.41, 5.74) is 1.53. The Morgan fingerprint density at radius 1 is 1.07 bits per heavy atom. The number of hydrogen-bond acceptors (Lipinski definition) is 5. The Kier molecular flexibility index (Phi) is 7.69. The predicted octanol–water partition coefficient (Wildman–Crippen LogP) is 3.65. The van der Waals surface area contributed by atoms with E-state index in [2.05, 4.69) is 28.8 Å². The highest BCUT2D eigenvalue weighted by atomic mass is 32.2. The lowest BCUT2D eigenvalue weighted by atomic mass is 10.1. The number of nitrogens with one attached hydrogen (secondary N) is 2. The molecule has 2 heterocycles. The number of fused-ring (bicyclic) bond motifs is 1. The van der Waals surface area contributed by atoms with Gasteiger partial charge in [-0.05, 0) is 74.7 Å². The number of furan rings is 1. The van der Waals surface area contributed by atoms with Gasteiger partial charge in [0.2, 0.25) is 15.9 Å². The molecule has 0 bridgehead atoms. The summed E-state index contributed by atoms with van der Waals surface area (Å²) >= 11 is 0. The summed E-state index contributed by atoms with van der Waals surface area (Å²) in [7, 11) is -3.68. The molecule has 1 aliphatic rings. The maximum Gasteiger partial charge on any atom is 0.240 e. The first-order valence-corrected chi connectivity index (χ1v) is 12.1. The zero-order chi connectivity index (χ0) is 21.6. The molecule has 0 aliphatic carbocycles. The van der Waals surface area contributed by atoms with Crippen molar-refractivity contribution in [2.75, 3.05) is 18.4 Å². The van der Waals surface area contributed by atoms with Crippen LogP contribution in [0.1, 0.15) is 56.6 Å². The Morgan fingerprint density at radius 2 is 1.80 bits per heavy atom. The largest absolute Gasteiger partial charge is 0.463 e. The number of amides is 1. The lowest BCUT2D eigenvalue weighted by Gasteiger charge is -2.19. The molecule has 7 nitrogen and oxygen atoms in total. The Balaban J connectivity index is 1.64. The van der Waals surface area contributed by atoms with Crippen LogP contribution in [0.3, 0.4) is 0 Å². The van der Waals surface area contributed by atoms with E-state index in [1.165, 1.54) is 6.07 Å². The van der Waals surface area contributed by atoms with Crippen LogP contribution in [0.5, 0.6) is 0 Å². The molecule has 30 heavy (non-hydrogen) atoms. The smallest absolute Gasteiger partial charge is 0.240 e. The third kappa shape index (κ3) is 5.93. The van der Waals surface area contributed by atoms with Crippen LogP contribution >= 0.6 is 0 Å². The molecule has 0 unspecified atom stereocenters. The topological polar surface area (TPSA) is 91.7 Å². The third-order valence-corrected chi connectivity index (χ3v) is 6.52. The van der Waals surface area contributed by atoms with Gasteiger partial charge in [0.1, 0.15) is 11.5 Å². The van der Waals surface area contributed by atoms with Crippen molar-refractivity contribution < 1.29 is 17.6 Å². The van der Waals surface area contributed by atoms with Gasteiger partial charge >= 0.3 is 0 Å². The molecule has 1 aromatic carbocycles. The van der Waals surface area contributed by atoms with Crippen LogP contribution in [0.25, 0.3) is 0 Å². The second-order valence-electron chi connectivity index (χ2n) is 7.69. The van der Waals surface area contributed by atoms with Crippen molar-refractivity contribution >= 4 is 21.6 Å². The molecule has 8 heteroatoms. The maximum absolute atomic E-state index is 12.7. The quantitative estimate of drug-likeness (QED) is 0.597. The molecular formula is C22H31N3O4S. The fourth-order valence-corrected chi connectivity index (χ4v) is 4.74. The van der Waals surface area contributed by atoms with Crippen molar-refractivity contribution in [1.29, 1.82) is 0 Å². The standard InChI is InChI=1S/C22H31N3O4S/c1-3-12-25(13-4-2)16-19-9-8-18(29-19)15-23-30(27,28)20-10-11-21-17(14-20)6-5-7-22(26)24-21/h8-11,14,23H,3-7,12-13,15-16H2,1-2H3,(H,24,26). The van der Waals surface area contributed by atoms with E-state index in [-0.39, 0.29) is 17.3 Å². The Morgan fingerprint density at radius 3 is 2.53 bits per heavy atom. The van der Waals surface area contributed by atoms with Crippen LogP contribution in [0, 0.1) is 0 Å². The van der Waals surface area contributed by atoms with Gasteiger partial charge in [-0.1, -0.05) is 13.8 Å². The van der Waals surface area contributed by atoms with Crippen LogP contribution in [-0.4, -0.2) is 32.3 Å². The highest BCUT2D eigenvalue weighted by molar-refractivity contribution is 7.89. The second-order valence-corrected chi connectivity index (χ2v) is 9.46. The van der Waals surface area contributed by atoms with Crippen molar-refractivity contribution in [3.63, 3.8) is 0 Å². The first kappa shape index (κ1) is 22.5. The van der Waals surface area contributed by atoms with E-state index in [0.717, 1.165) is 43.8 Å². The molecular weight excluding hydrogens is 402 g/mol. The van der Waals surface area contributed by atoms with E-state index in [1.807, 2.05) is 12.1 Å². The summed E-state index contributed by atoms with van der Waals surface area (Å²) in [6.45, 7) is 7.15. The number of carbonyl (C=O) groups is 1. The summed E-state index contributed by atoms with van der Waals surface area (Å²) < 4.78 is 34.0. The number of hydrogen-bond donors (Lipinski definition) is 2. The summed E-state index contributed by atoms with van der Waals surface area (Å²) in [6.07, 6.45) is 3.99. The molecule has 0 radical (unpaired) electrons. The average molecular weight is 434 g/mol. The van der Waals surface area contributed by atoms with E-state index in [4.69, 9.17) is 4.42 Å². The minimum Gasteiger partial charge on any atom is -0.463 e. The molecule has 2 aromatic rings. The Labute approximate surface area is 178 Å². The van der Waals surface area contributed by atoms with Crippen molar-refractivity contribution in [1.82, 2.24) is 9.62 Å². The summed E-state index contributed by atoms with van der Waals surface area (Å²) in [6, 6.07) is 8.56. The summed E-state index contributed by atoms with van der Waals surface area (Å²) in [5, 5.41) is 2.82. The minimum atomic E-state index is -3.68. The Bertz CT molecular complexity index is 963. The van der Waals surface area contributed by atoms with Gasteiger partial charge in [0, 0.05) is 12.1 Å². The van der Waals surface area contributed by atoms with Crippen LogP contribution in [0.15, 0.2) is 39.6 Å². The van der Waals surface area contributed by atoms with Gasteiger partial charge in [0.15, 0.2) is 0 Å². The van der Waals surface area contributed by atoms with Gasteiger partial charge < -0.3 is 9.73 Å². The van der Waals surface area contributed by atoms with E-state index in [9.17, 15) is 13.2 Å². The molecule has 1 aromatic heterocycles. The molecule has 2 N–H and O–H groups in total. The highest BCUT2D eigenvalue weighted by Gasteiger charge is 2.19. The molecule has 164 valence electrons. The van der Waals surface area contributed by atoms with Gasteiger partial charge in [0.25, 0.3) is 0 Å². The normalized spacial score (nSPS) is 14.4. The van der Waals surface area contributed by atoms with Crippen LogP contribution in [0.4, 0.5) is 5.69 Å². The second kappa shape index (κ2) is 10.2. The number of sulfonamides is 1. The van der Waals surface area contributed by atoms with Gasteiger partial charge in [-0.2, -0.15) is 0 Å². The lowest BCUT2D eigenvalue weighted by molar-refractivity contribution is -0.116. The van der Waals surface area contributed by atoms with Crippen molar-refractivity contribution in [3.8, 4) is 0 Å². The monoisotopic (exact) mass is 433 g/mol. The van der Waals surface area contributed by atoms with Crippen LogP contribution in [0.2, 0.25) is 0 Å². The predicted molar refractivity (Wildman–Crippen MR) is 117 cm³/mol. The van der Waals surface area contributed by atoms with Crippen molar-refractivity contribution in [2.24, 2.45) is 0 Å². The number of rotatable bonds is 10. The zero-order valence-corrected chi connectivity index (χ0v) is 18.6. The van der Waals surface area contributed by atoms with Gasteiger partial charge in [-0.15, -0.1) is 0 Å². The van der Waals surface area contributed by atoms with E-state index >= 15 is 0 Å². The van der Waals surface area contributed by atoms with Gasteiger partial charge in [-0.25, -0.2) is 13.1 Å². The molecule has 1 amide bonds. The molecule has 0 atom stereocenters. The molecule has 0 spiro atoms. The molecule has 1 aliphatic heterocycles. The first-order chi connectivity index (χ1) is 14.4. The fourth-order valence-electron chi connectivity index (χ4n) is 3.69.